The van der Waals surface area contributed by atoms with Crippen molar-refractivity contribution in [1.29, 1.82) is 0 Å². The summed E-state index contributed by atoms with van der Waals surface area (Å²) in [5.41, 5.74) is 6.07. The number of piperidine rings is 1. The van der Waals surface area contributed by atoms with Crippen molar-refractivity contribution in [2.24, 2.45) is 5.73 Å². The lowest BCUT2D eigenvalue weighted by Crippen LogP contribution is -2.51. The summed E-state index contributed by atoms with van der Waals surface area (Å²) in [5.74, 6) is -0.119. The van der Waals surface area contributed by atoms with Crippen LogP contribution in [0.4, 0.5) is 0 Å². The molecular formula is C18H32Cl2N4O. The van der Waals surface area contributed by atoms with Gasteiger partial charge in [0.1, 0.15) is 5.54 Å². The first-order valence-corrected chi connectivity index (χ1v) is 8.42. The number of hydrogen-bond donors (Lipinski definition) is 2. The van der Waals surface area contributed by atoms with Crippen LogP contribution in [0.1, 0.15) is 25.3 Å². The van der Waals surface area contributed by atoms with E-state index < -0.39 is 5.54 Å². The molecular weight excluding hydrogens is 359 g/mol. The molecule has 144 valence electrons. The number of nitrogens with two attached hydrogens (primary N) is 1. The number of hydrogen-bond acceptors (Lipinski definition) is 4. The molecule has 1 fully saturated rings. The highest BCUT2D eigenvalue weighted by molar-refractivity contribution is 5.87. The fourth-order valence-electron chi connectivity index (χ4n) is 3.09. The van der Waals surface area contributed by atoms with Crippen LogP contribution in [0.2, 0.25) is 0 Å². The van der Waals surface area contributed by atoms with Crippen LogP contribution < -0.4 is 11.1 Å². The molecule has 1 unspecified atom stereocenters. The summed E-state index contributed by atoms with van der Waals surface area (Å²) in [7, 11) is 4.29. The number of nitrogens with zero attached hydrogens (tertiary/aromatic N) is 2. The zero-order chi connectivity index (χ0) is 16.9. The molecule has 1 atom stereocenters. The summed E-state index contributed by atoms with van der Waals surface area (Å²) in [6.45, 7) is 5.48. The number of amides is 1. The molecule has 1 aromatic rings. The summed E-state index contributed by atoms with van der Waals surface area (Å²) >= 11 is 0. The zero-order valence-electron chi connectivity index (χ0n) is 15.4. The van der Waals surface area contributed by atoms with Gasteiger partial charge in [0.15, 0.2) is 0 Å². The van der Waals surface area contributed by atoms with Crippen LogP contribution >= 0.6 is 24.8 Å². The van der Waals surface area contributed by atoms with Gasteiger partial charge in [-0.25, -0.2) is 0 Å². The Labute approximate surface area is 164 Å². The number of carbonyl (C=O) groups is 1. The Hall–Kier alpha value is -0.850. The second kappa shape index (κ2) is 11.0. The average Bonchev–Trinajstić information content (AvgIpc) is 2.56. The lowest BCUT2D eigenvalue weighted by atomic mass is 9.92. The molecule has 1 saturated heterocycles. The van der Waals surface area contributed by atoms with Crippen molar-refractivity contribution in [1.82, 2.24) is 15.1 Å². The van der Waals surface area contributed by atoms with E-state index in [1.807, 2.05) is 30.3 Å². The highest BCUT2D eigenvalue weighted by Gasteiger charge is 2.30. The van der Waals surface area contributed by atoms with Crippen molar-refractivity contribution in [2.75, 3.05) is 40.3 Å². The van der Waals surface area contributed by atoms with E-state index in [1.165, 1.54) is 12.8 Å². The van der Waals surface area contributed by atoms with Crippen LogP contribution in [-0.4, -0.2) is 62.0 Å². The highest BCUT2D eigenvalue weighted by atomic mass is 35.5. The molecule has 0 bridgehead atoms. The number of halogens is 2. The summed E-state index contributed by atoms with van der Waals surface area (Å²) in [5, 5.41) is 2.99. The summed E-state index contributed by atoms with van der Waals surface area (Å²) in [6, 6.07) is 10.2. The molecule has 1 amide bonds. The number of rotatable bonds is 6. The van der Waals surface area contributed by atoms with E-state index in [1.54, 1.807) is 6.92 Å². The van der Waals surface area contributed by atoms with Gasteiger partial charge in [-0.3, -0.25) is 4.79 Å². The molecule has 0 aliphatic carbocycles. The van der Waals surface area contributed by atoms with Crippen LogP contribution in [0.15, 0.2) is 30.3 Å². The highest BCUT2D eigenvalue weighted by Crippen LogP contribution is 2.17. The van der Waals surface area contributed by atoms with Crippen LogP contribution in [0.3, 0.4) is 0 Å². The molecule has 0 saturated carbocycles. The van der Waals surface area contributed by atoms with Crippen molar-refractivity contribution < 1.29 is 4.79 Å². The van der Waals surface area contributed by atoms with Gasteiger partial charge < -0.3 is 20.9 Å². The molecule has 5 nitrogen and oxygen atoms in total. The standard InChI is InChI=1S/C18H30N4O.2ClH/c1-18(19,15-7-5-4-6-8-15)17(23)20-11-14-22-12-9-16(10-13-22)21(2)3;;/h4-8,16H,9-14,19H2,1-3H3,(H,20,23);2*1H. The average molecular weight is 391 g/mol. The van der Waals surface area contributed by atoms with Crippen molar-refractivity contribution in [3.8, 4) is 0 Å². The topological polar surface area (TPSA) is 61.6 Å². The second-order valence-electron chi connectivity index (χ2n) is 6.86. The molecule has 1 aliphatic heterocycles. The molecule has 1 aliphatic rings. The van der Waals surface area contributed by atoms with Gasteiger partial charge in [0.05, 0.1) is 0 Å². The first-order chi connectivity index (χ1) is 10.9. The van der Waals surface area contributed by atoms with Gasteiger partial charge in [0.2, 0.25) is 5.91 Å². The van der Waals surface area contributed by atoms with E-state index in [0.29, 0.717) is 12.6 Å². The second-order valence-corrected chi connectivity index (χ2v) is 6.86. The van der Waals surface area contributed by atoms with Crippen LogP contribution in [-0.2, 0) is 10.3 Å². The van der Waals surface area contributed by atoms with Crippen LogP contribution in [0, 0.1) is 0 Å². The molecule has 7 heteroatoms. The third-order valence-corrected chi connectivity index (χ3v) is 4.85. The predicted molar refractivity (Wildman–Crippen MR) is 109 cm³/mol. The maximum Gasteiger partial charge on any atom is 0.244 e. The number of benzene rings is 1. The summed E-state index contributed by atoms with van der Waals surface area (Å²) in [6.07, 6.45) is 2.39. The van der Waals surface area contributed by atoms with Crippen LogP contribution in [0.5, 0.6) is 0 Å². The Balaban J connectivity index is 0.00000288. The molecule has 1 aromatic carbocycles. The van der Waals surface area contributed by atoms with E-state index in [-0.39, 0.29) is 30.7 Å². The third-order valence-electron chi connectivity index (χ3n) is 4.85. The minimum atomic E-state index is -0.987. The first-order valence-electron chi connectivity index (χ1n) is 8.42. The Kier molecular flexibility index (Phi) is 10.6. The van der Waals surface area contributed by atoms with Crippen molar-refractivity contribution in [2.45, 2.75) is 31.3 Å². The zero-order valence-corrected chi connectivity index (χ0v) is 17.0. The van der Waals surface area contributed by atoms with Crippen LogP contribution in [0.25, 0.3) is 0 Å². The number of carbonyl (C=O) groups excluding carboxylic acids is 1. The smallest absolute Gasteiger partial charge is 0.244 e. The largest absolute Gasteiger partial charge is 0.353 e. The fraction of sp³-hybridized carbons (Fsp3) is 0.611. The lowest BCUT2D eigenvalue weighted by Gasteiger charge is -2.35. The molecule has 0 spiro atoms. The minimum absolute atomic E-state index is 0. The van der Waals surface area contributed by atoms with Crippen molar-refractivity contribution in [3.05, 3.63) is 35.9 Å². The van der Waals surface area contributed by atoms with Gasteiger partial charge in [-0.15, -0.1) is 24.8 Å². The van der Waals surface area contributed by atoms with Crippen molar-refractivity contribution in [3.63, 3.8) is 0 Å². The Morgan fingerprint density at radius 2 is 1.80 bits per heavy atom. The predicted octanol–water partition coefficient (Wildman–Crippen LogP) is 1.85. The number of likely N-dealkylation sites (tertiary alicyclic amines) is 1. The Morgan fingerprint density at radius 3 is 2.32 bits per heavy atom. The van der Waals surface area contributed by atoms with E-state index >= 15 is 0 Å². The Bertz CT molecular complexity index is 503. The van der Waals surface area contributed by atoms with Gasteiger partial charge >= 0.3 is 0 Å². The molecule has 0 radical (unpaired) electrons. The molecule has 0 aromatic heterocycles. The van der Waals surface area contributed by atoms with Gasteiger partial charge in [-0.05, 0) is 52.5 Å². The summed E-state index contributed by atoms with van der Waals surface area (Å²) < 4.78 is 0. The van der Waals surface area contributed by atoms with Gasteiger partial charge in [-0.2, -0.15) is 0 Å². The monoisotopic (exact) mass is 390 g/mol. The molecule has 3 N–H and O–H groups in total. The maximum atomic E-state index is 12.4. The fourth-order valence-corrected chi connectivity index (χ4v) is 3.09. The van der Waals surface area contributed by atoms with Gasteiger partial charge in [-0.1, -0.05) is 30.3 Å². The van der Waals surface area contributed by atoms with E-state index in [0.717, 1.165) is 25.2 Å². The normalized spacial score (nSPS) is 18.0. The van der Waals surface area contributed by atoms with E-state index in [9.17, 15) is 4.79 Å². The van der Waals surface area contributed by atoms with E-state index in [4.69, 9.17) is 5.73 Å². The quantitative estimate of drug-likeness (QED) is 0.777. The SMILES string of the molecule is CN(C)C1CCN(CCNC(=O)C(C)(N)c2ccccc2)CC1.Cl.Cl. The molecule has 2 rings (SSSR count). The summed E-state index contributed by atoms with van der Waals surface area (Å²) in [4.78, 5) is 17.1. The third kappa shape index (κ3) is 6.76. The Morgan fingerprint density at radius 1 is 1.24 bits per heavy atom. The first kappa shape index (κ1) is 24.1. The lowest BCUT2D eigenvalue weighted by molar-refractivity contribution is -0.126. The molecule has 25 heavy (non-hydrogen) atoms. The number of nitrogens with one attached hydrogen (secondary N) is 1. The van der Waals surface area contributed by atoms with Gasteiger partial charge in [0, 0.05) is 19.1 Å². The van der Waals surface area contributed by atoms with Gasteiger partial charge in [0.25, 0.3) is 0 Å². The van der Waals surface area contributed by atoms with Crippen molar-refractivity contribution >= 4 is 30.7 Å². The van der Waals surface area contributed by atoms with E-state index in [2.05, 4.69) is 29.2 Å². The molecule has 1 heterocycles. The minimum Gasteiger partial charge on any atom is -0.353 e. The maximum absolute atomic E-state index is 12.4.